The zero-order chi connectivity index (χ0) is 29.2. The van der Waals surface area contributed by atoms with Crippen LogP contribution in [0.2, 0.25) is 0 Å². The van der Waals surface area contributed by atoms with Crippen LogP contribution >= 0.6 is 11.8 Å². The summed E-state index contributed by atoms with van der Waals surface area (Å²) < 4.78 is 4.88. The third-order valence-corrected chi connectivity index (χ3v) is 8.61. The number of ketones is 1. The fourth-order valence-electron chi connectivity index (χ4n) is 4.43. The number of ether oxygens (including phenoxy) is 1. The first kappa shape index (κ1) is 37.2. The molecule has 3 nitrogen and oxygen atoms in total. The van der Waals surface area contributed by atoms with Gasteiger partial charge in [0.1, 0.15) is 5.78 Å². The van der Waals surface area contributed by atoms with Crippen LogP contribution in [0.25, 0.3) is 0 Å². The number of rotatable bonds is 24. The van der Waals surface area contributed by atoms with Gasteiger partial charge in [-0.15, -0.1) is 11.8 Å². The molecule has 222 valence electrons. The Bertz CT molecular complexity index is 769. The van der Waals surface area contributed by atoms with Gasteiger partial charge in [0, 0.05) is 6.42 Å². The van der Waals surface area contributed by atoms with Crippen molar-refractivity contribution in [3.8, 4) is 0 Å². The molecule has 0 N–H and O–H groups in total. The van der Waals surface area contributed by atoms with Crippen LogP contribution in [0.4, 0.5) is 0 Å². The highest BCUT2D eigenvalue weighted by Gasteiger charge is 2.37. The number of hydrogen-bond acceptors (Lipinski definition) is 4. The molecule has 0 amide bonds. The highest BCUT2D eigenvalue weighted by molar-refractivity contribution is 8.01. The van der Waals surface area contributed by atoms with E-state index in [2.05, 4.69) is 95.4 Å². The molecule has 0 aliphatic rings. The van der Waals surface area contributed by atoms with E-state index in [0.717, 1.165) is 70.0 Å². The number of Topliss-reactive ketones (excluding diaryl/α,β-unsaturated/α-hetero) is 1. The second kappa shape index (κ2) is 25.2. The molecular weight excluding hydrogens is 500 g/mol. The van der Waals surface area contributed by atoms with Crippen molar-refractivity contribution in [3.63, 3.8) is 0 Å². The van der Waals surface area contributed by atoms with Gasteiger partial charge in [-0.2, -0.15) is 0 Å². The van der Waals surface area contributed by atoms with Gasteiger partial charge in [0.2, 0.25) is 0 Å². The summed E-state index contributed by atoms with van der Waals surface area (Å²) in [5, 5.41) is 0. The van der Waals surface area contributed by atoms with Gasteiger partial charge in [-0.1, -0.05) is 95.4 Å². The highest BCUT2D eigenvalue weighted by Crippen LogP contribution is 2.37. The summed E-state index contributed by atoms with van der Waals surface area (Å²) in [6.45, 7) is 12.7. The molecule has 4 heteroatoms. The molecule has 0 aromatic heterocycles. The minimum absolute atomic E-state index is 0.217. The summed E-state index contributed by atoms with van der Waals surface area (Å²) in [6, 6.07) is 0. The van der Waals surface area contributed by atoms with E-state index in [-0.39, 0.29) is 22.4 Å². The van der Waals surface area contributed by atoms with E-state index in [1.807, 2.05) is 6.92 Å². The summed E-state index contributed by atoms with van der Waals surface area (Å²) in [5.41, 5.74) is 0. The maximum absolute atomic E-state index is 13.4. The largest absolute Gasteiger partial charge is 0.466 e. The average Bonchev–Trinajstić information content (AvgIpc) is 2.91. The zero-order valence-electron chi connectivity index (χ0n) is 26.0. The number of hydrogen-bond donors (Lipinski definition) is 0. The van der Waals surface area contributed by atoms with Gasteiger partial charge in [-0.25, -0.2) is 0 Å². The molecule has 0 rings (SSSR count). The number of esters is 1. The number of carbonyl (C=O) groups excluding carboxylic acids is 2. The molecule has 0 aliphatic heterocycles. The number of unbranched alkanes of at least 4 members (excludes halogenated alkanes) is 2. The van der Waals surface area contributed by atoms with Crippen LogP contribution < -0.4 is 0 Å². The summed E-state index contributed by atoms with van der Waals surface area (Å²) >= 11 is 1.80. The van der Waals surface area contributed by atoms with Crippen LogP contribution in [0.15, 0.2) is 60.8 Å². The van der Waals surface area contributed by atoms with Crippen molar-refractivity contribution < 1.29 is 14.3 Å². The Morgan fingerprint density at radius 1 is 0.744 bits per heavy atom. The first-order valence-corrected chi connectivity index (χ1v) is 16.4. The van der Waals surface area contributed by atoms with Gasteiger partial charge >= 0.3 is 5.97 Å². The lowest BCUT2D eigenvalue weighted by Gasteiger charge is -2.31. The van der Waals surface area contributed by atoms with Crippen LogP contribution in [0.5, 0.6) is 0 Å². The lowest BCUT2D eigenvalue weighted by atomic mass is 9.86. The third kappa shape index (κ3) is 19.0. The van der Waals surface area contributed by atoms with Crippen molar-refractivity contribution in [3.05, 3.63) is 60.8 Å². The van der Waals surface area contributed by atoms with Crippen LogP contribution in [0.1, 0.15) is 119 Å². The van der Waals surface area contributed by atoms with Crippen LogP contribution in [0, 0.1) is 11.8 Å². The standard InChI is InChI=1S/C35H58O3S/c1-7-11-12-13-14-15-16-17-18-19-20-21-22-23-24-25-26-27-28-39-35(8-2,9-3)33(36)30-32(29-31(5)6)34(37)38-10-4/h11-12,14-15,17-18,20-21,23-24,31-32H,7-10,13,16,19,22,25-30H2,1-6H3/b12-11-,15-14-,18-17-,21-20-,24-23-/t32-/m1/s1. The van der Waals surface area contributed by atoms with E-state index in [1.165, 1.54) is 0 Å². The minimum Gasteiger partial charge on any atom is -0.466 e. The number of allylic oxidation sites excluding steroid dienone is 10. The molecular formula is C35H58O3S. The first-order valence-electron chi connectivity index (χ1n) is 15.5. The molecule has 0 radical (unpaired) electrons. The summed E-state index contributed by atoms with van der Waals surface area (Å²) in [6.07, 6.45) is 33.3. The Kier molecular flexibility index (Phi) is 24.0. The average molecular weight is 559 g/mol. The maximum Gasteiger partial charge on any atom is 0.309 e. The molecule has 1 atom stereocenters. The second-order valence-electron chi connectivity index (χ2n) is 10.5. The molecule has 0 saturated heterocycles. The molecule has 0 bridgehead atoms. The van der Waals surface area contributed by atoms with Gasteiger partial charge in [0.25, 0.3) is 0 Å². The van der Waals surface area contributed by atoms with E-state index < -0.39 is 0 Å². The van der Waals surface area contributed by atoms with E-state index in [0.29, 0.717) is 25.4 Å². The number of thioether (sulfide) groups is 1. The molecule has 0 saturated carbocycles. The van der Waals surface area contributed by atoms with Crippen LogP contribution in [0.3, 0.4) is 0 Å². The van der Waals surface area contributed by atoms with Gasteiger partial charge in [-0.05, 0) is 89.2 Å². The lowest BCUT2D eigenvalue weighted by Crippen LogP contribution is -2.37. The highest BCUT2D eigenvalue weighted by atomic mass is 32.2. The molecule has 0 unspecified atom stereocenters. The molecule has 39 heavy (non-hydrogen) atoms. The van der Waals surface area contributed by atoms with Crippen molar-refractivity contribution in [1.29, 1.82) is 0 Å². The third-order valence-electron chi connectivity index (χ3n) is 6.76. The van der Waals surface area contributed by atoms with Crippen LogP contribution in [-0.2, 0) is 14.3 Å². The summed E-state index contributed by atoms with van der Waals surface area (Å²) in [4.78, 5) is 25.9. The van der Waals surface area contributed by atoms with Crippen molar-refractivity contribution >= 4 is 23.5 Å². The Hall–Kier alpha value is -1.81. The fourth-order valence-corrected chi connectivity index (χ4v) is 5.82. The molecule has 0 aliphatic carbocycles. The molecule has 0 aromatic rings. The normalized spacial score (nSPS) is 13.7. The lowest BCUT2D eigenvalue weighted by molar-refractivity contribution is -0.150. The second-order valence-corrected chi connectivity index (χ2v) is 11.9. The van der Waals surface area contributed by atoms with Gasteiger partial charge in [0.05, 0.1) is 17.3 Å². The smallest absolute Gasteiger partial charge is 0.309 e. The monoisotopic (exact) mass is 558 g/mol. The molecule has 0 spiro atoms. The van der Waals surface area contributed by atoms with Crippen LogP contribution in [-0.4, -0.2) is 28.9 Å². The maximum atomic E-state index is 13.4. The fraction of sp³-hybridized carbons (Fsp3) is 0.657. The van der Waals surface area contributed by atoms with E-state index in [4.69, 9.17) is 4.74 Å². The topological polar surface area (TPSA) is 43.4 Å². The van der Waals surface area contributed by atoms with E-state index >= 15 is 0 Å². The minimum atomic E-state index is -0.390. The van der Waals surface area contributed by atoms with Gasteiger partial charge in [-0.3, -0.25) is 9.59 Å². The van der Waals surface area contributed by atoms with E-state index in [9.17, 15) is 9.59 Å². The van der Waals surface area contributed by atoms with Gasteiger partial charge in [0.15, 0.2) is 0 Å². The summed E-state index contributed by atoms with van der Waals surface area (Å²) in [5.74, 6) is 1.00. The quantitative estimate of drug-likeness (QED) is 0.0671. The first-order chi connectivity index (χ1) is 18.9. The van der Waals surface area contributed by atoms with E-state index in [1.54, 1.807) is 11.8 Å². The SMILES string of the molecule is CC/C=C\C/C=C\C/C=C\C/C=C\C/C=C\CCCCSC(CC)(CC)C(=O)C[C@@H](CC(C)C)C(=O)OCC. The summed E-state index contributed by atoms with van der Waals surface area (Å²) in [7, 11) is 0. The van der Waals surface area contributed by atoms with Crippen molar-refractivity contribution in [2.24, 2.45) is 11.8 Å². The molecule has 0 fully saturated rings. The van der Waals surface area contributed by atoms with Crippen molar-refractivity contribution in [1.82, 2.24) is 0 Å². The van der Waals surface area contributed by atoms with Gasteiger partial charge < -0.3 is 4.74 Å². The Morgan fingerprint density at radius 3 is 1.72 bits per heavy atom. The van der Waals surface area contributed by atoms with Crippen molar-refractivity contribution in [2.45, 2.75) is 123 Å². The Morgan fingerprint density at radius 2 is 1.26 bits per heavy atom. The predicted octanol–water partition coefficient (Wildman–Crippen LogP) is 10.4. The molecule has 0 aromatic carbocycles. The number of carbonyl (C=O) groups is 2. The Labute approximate surface area is 245 Å². The predicted molar refractivity (Wildman–Crippen MR) is 173 cm³/mol. The zero-order valence-corrected chi connectivity index (χ0v) is 26.8. The Balaban J connectivity index is 4.30. The van der Waals surface area contributed by atoms with Crippen molar-refractivity contribution in [2.75, 3.05) is 12.4 Å². The molecule has 0 heterocycles.